The average molecular weight is 425 g/mol. The third kappa shape index (κ3) is 4.57. The Morgan fingerprint density at radius 3 is 2.87 bits per heavy atom. The second kappa shape index (κ2) is 8.09. The van der Waals surface area contributed by atoms with Crippen molar-refractivity contribution in [1.29, 1.82) is 0 Å². The molecule has 0 fully saturated rings. The molecule has 1 unspecified atom stereocenters. The Labute approximate surface area is 179 Å². The van der Waals surface area contributed by atoms with Crippen molar-refractivity contribution >= 4 is 22.5 Å². The average Bonchev–Trinajstić information content (AvgIpc) is 2.99. The van der Waals surface area contributed by atoms with E-state index in [0.717, 1.165) is 11.3 Å². The van der Waals surface area contributed by atoms with E-state index in [0.29, 0.717) is 30.0 Å². The van der Waals surface area contributed by atoms with Gasteiger partial charge in [-0.2, -0.15) is 4.98 Å². The summed E-state index contributed by atoms with van der Waals surface area (Å²) in [6.45, 7) is 6.63. The number of imidazole rings is 1. The third-order valence-corrected chi connectivity index (χ3v) is 4.88. The van der Waals surface area contributed by atoms with Crippen molar-refractivity contribution < 1.29 is 14.6 Å². The van der Waals surface area contributed by atoms with Crippen LogP contribution < -0.4 is 21.1 Å². The number of anilines is 2. The molecule has 0 radical (unpaired) electrons. The van der Waals surface area contributed by atoms with Crippen LogP contribution >= 0.6 is 0 Å². The van der Waals surface area contributed by atoms with Gasteiger partial charge in [-0.15, -0.1) is 0 Å². The molecule has 2 aromatic heterocycles. The first-order valence-corrected chi connectivity index (χ1v) is 10.1. The van der Waals surface area contributed by atoms with Crippen molar-refractivity contribution in [2.24, 2.45) is 0 Å². The largest absolute Gasteiger partial charge is 0.473 e. The van der Waals surface area contributed by atoms with Crippen molar-refractivity contribution in [3.8, 4) is 5.88 Å². The fraction of sp³-hybridized carbons (Fsp3) is 0.364. The van der Waals surface area contributed by atoms with Gasteiger partial charge in [-0.25, -0.2) is 4.79 Å². The van der Waals surface area contributed by atoms with E-state index in [1.807, 2.05) is 57.2 Å². The van der Waals surface area contributed by atoms with Gasteiger partial charge >= 0.3 is 5.69 Å². The van der Waals surface area contributed by atoms with E-state index in [4.69, 9.17) is 15.2 Å². The van der Waals surface area contributed by atoms with Crippen molar-refractivity contribution in [2.45, 2.75) is 39.3 Å². The number of hydrogen-bond acceptors (Lipinski definition) is 7. The molecule has 1 aromatic carbocycles. The van der Waals surface area contributed by atoms with Crippen LogP contribution in [0.25, 0.3) is 11.0 Å². The first-order valence-electron chi connectivity index (χ1n) is 10.1. The number of nitrogens with two attached hydrogens (primary N) is 1. The maximum absolute atomic E-state index is 12.6. The van der Waals surface area contributed by atoms with Crippen LogP contribution in [-0.4, -0.2) is 44.8 Å². The number of hydrogen-bond donors (Lipinski definition) is 3. The van der Waals surface area contributed by atoms with Gasteiger partial charge in [0.1, 0.15) is 12.1 Å². The number of ether oxygens (including phenoxy) is 2. The number of aromatic nitrogens is 3. The minimum Gasteiger partial charge on any atom is -0.473 e. The summed E-state index contributed by atoms with van der Waals surface area (Å²) < 4.78 is 13.1. The number of nitrogen functional groups attached to an aromatic ring is 1. The van der Waals surface area contributed by atoms with Gasteiger partial charge in [0.05, 0.1) is 17.7 Å². The molecule has 0 aliphatic carbocycles. The van der Waals surface area contributed by atoms with Crippen molar-refractivity contribution in [3.05, 3.63) is 58.5 Å². The van der Waals surface area contributed by atoms with E-state index in [1.54, 1.807) is 15.5 Å². The van der Waals surface area contributed by atoms with Gasteiger partial charge in [0.15, 0.2) is 5.82 Å². The molecule has 9 nitrogen and oxygen atoms in total. The molecule has 1 aliphatic heterocycles. The second-order valence-electron chi connectivity index (χ2n) is 8.42. The molecule has 3 aromatic rings. The molecular weight excluding hydrogens is 398 g/mol. The summed E-state index contributed by atoms with van der Waals surface area (Å²) >= 11 is 0. The molecule has 3 heterocycles. The van der Waals surface area contributed by atoms with E-state index in [2.05, 4.69) is 9.97 Å². The number of aliphatic hydroxyl groups is 1. The normalized spacial score (nSPS) is 16.7. The number of nitrogens with one attached hydrogen (secondary N) is 1. The highest BCUT2D eigenvalue weighted by molar-refractivity contribution is 5.85. The summed E-state index contributed by atoms with van der Waals surface area (Å²) in [6, 6.07) is 9.35. The summed E-state index contributed by atoms with van der Waals surface area (Å²) in [4.78, 5) is 21.4. The molecular formula is C22H27N5O4. The number of aromatic amines is 1. The summed E-state index contributed by atoms with van der Waals surface area (Å²) in [7, 11) is 0. The highest BCUT2D eigenvalue weighted by Gasteiger charge is 2.23. The smallest absolute Gasteiger partial charge is 0.326 e. The summed E-state index contributed by atoms with van der Waals surface area (Å²) in [6.07, 6.45) is 2.57. The van der Waals surface area contributed by atoms with Crippen LogP contribution in [-0.2, 0) is 11.3 Å². The third-order valence-electron chi connectivity index (χ3n) is 4.88. The van der Waals surface area contributed by atoms with Crippen LogP contribution in [0.4, 0.5) is 11.5 Å². The lowest BCUT2D eigenvalue weighted by Crippen LogP contribution is -2.42. The molecule has 0 amide bonds. The van der Waals surface area contributed by atoms with E-state index in [-0.39, 0.29) is 18.1 Å². The highest BCUT2D eigenvalue weighted by Crippen LogP contribution is 2.25. The van der Waals surface area contributed by atoms with Gasteiger partial charge in [-0.1, -0.05) is 18.2 Å². The first kappa shape index (κ1) is 21.0. The predicted molar refractivity (Wildman–Crippen MR) is 119 cm³/mol. The van der Waals surface area contributed by atoms with Crippen LogP contribution in [0.3, 0.4) is 0 Å². The first-order chi connectivity index (χ1) is 14.7. The number of rotatable bonds is 2. The minimum absolute atomic E-state index is 0.210. The lowest BCUT2D eigenvalue weighted by molar-refractivity contribution is -0.164. The molecule has 1 aliphatic rings. The maximum Gasteiger partial charge on any atom is 0.326 e. The van der Waals surface area contributed by atoms with Crippen molar-refractivity contribution in [2.75, 3.05) is 23.8 Å². The molecule has 4 rings (SSSR count). The van der Waals surface area contributed by atoms with Crippen LogP contribution in [0.5, 0.6) is 5.88 Å². The predicted octanol–water partition coefficient (Wildman–Crippen LogP) is 2.20. The summed E-state index contributed by atoms with van der Waals surface area (Å²) in [5.41, 5.74) is 7.97. The van der Waals surface area contributed by atoms with Crippen LogP contribution in [0, 0.1) is 0 Å². The maximum atomic E-state index is 12.6. The van der Waals surface area contributed by atoms with Gasteiger partial charge in [-0.3, -0.25) is 4.57 Å². The van der Waals surface area contributed by atoms with Crippen molar-refractivity contribution in [1.82, 2.24) is 14.5 Å². The van der Waals surface area contributed by atoms with Gasteiger partial charge < -0.3 is 30.2 Å². The number of benzene rings is 1. The Kier molecular flexibility index (Phi) is 5.47. The zero-order valence-electron chi connectivity index (χ0n) is 17.8. The van der Waals surface area contributed by atoms with E-state index >= 15 is 0 Å². The monoisotopic (exact) mass is 425 g/mol. The Hall–Kier alpha value is -3.30. The molecule has 9 heteroatoms. The SMILES string of the molecule is CC(C)(C)OC(O)N1C/C=C/COc2cc3c([nH]c(=O)n3Cc3cccc1c3)c(N)n2. The topological polar surface area (TPSA) is 119 Å². The highest BCUT2D eigenvalue weighted by atomic mass is 16.6. The molecule has 1 atom stereocenters. The van der Waals surface area contributed by atoms with E-state index < -0.39 is 12.0 Å². The van der Waals surface area contributed by atoms with E-state index in [1.165, 1.54) is 0 Å². The molecule has 4 bridgehead atoms. The summed E-state index contributed by atoms with van der Waals surface area (Å²) in [5.74, 6) is 0.544. The lowest BCUT2D eigenvalue weighted by atomic mass is 10.1. The lowest BCUT2D eigenvalue weighted by Gasteiger charge is -2.33. The standard InChI is InChI=1S/C22H27N5O4/c1-22(2,3)31-21(29)26-9-4-5-10-30-17-12-16-18(19(23)24-17)25-20(28)27(16)13-14-7-6-8-15(26)11-14/h4-8,11-12,21,29H,9-10,13H2,1-3H3,(H2,23,24)(H,25,28)/b5-4+. The van der Waals surface area contributed by atoms with Crippen LogP contribution in [0.2, 0.25) is 0 Å². The quantitative estimate of drug-likeness (QED) is 0.425. The zero-order chi connectivity index (χ0) is 22.2. The molecule has 31 heavy (non-hydrogen) atoms. The Balaban J connectivity index is 1.79. The Bertz CT molecular complexity index is 1170. The number of pyridine rings is 1. The summed E-state index contributed by atoms with van der Waals surface area (Å²) in [5, 5.41) is 10.8. The minimum atomic E-state index is -1.15. The number of H-pyrrole nitrogens is 1. The second-order valence-corrected chi connectivity index (χ2v) is 8.42. The Morgan fingerprint density at radius 2 is 2.10 bits per heavy atom. The molecule has 0 spiro atoms. The van der Waals surface area contributed by atoms with Crippen LogP contribution in [0.1, 0.15) is 26.3 Å². The zero-order valence-corrected chi connectivity index (χ0v) is 17.8. The molecule has 0 saturated carbocycles. The van der Waals surface area contributed by atoms with E-state index in [9.17, 15) is 9.90 Å². The molecule has 0 saturated heterocycles. The van der Waals surface area contributed by atoms with Gasteiger partial charge in [0.2, 0.25) is 12.3 Å². The molecule has 4 N–H and O–H groups in total. The number of nitrogens with zero attached hydrogens (tertiary/aromatic N) is 3. The number of fused-ring (bicyclic) bond motifs is 3. The fourth-order valence-electron chi connectivity index (χ4n) is 3.49. The molecule has 164 valence electrons. The van der Waals surface area contributed by atoms with Gasteiger partial charge in [0, 0.05) is 18.3 Å². The number of aliphatic hydroxyl groups excluding tert-OH is 1. The van der Waals surface area contributed by atoms with Gasteiger partial charge in [-0.05, 0) is 44.5 Å². The van der Waals surface area contributed by atoms with Crippen LogP contribution in [0.15, 0.2) is 47.3 Å². The van der Waals surface area contributed by atoms with Gasteiger partial charge in [0.25, 0.3) is 0 Å². The fourth-order valence-corrected chi connectivity index (χ4v) is 3.49. The van der Waals surface area contributed by atoms with Crippen molar-refractivity contribution in [3.63, 3.8) is 0 Å². The Morgan fingerprint density at radius 1 is 1.29 bits per heavy atom.